The summed E-state index contributed by atoms with van der Waals surface area (Å²) in [6.45, 7) is -0.482. The summed E-state index contributed by atoms with van der Waals surface area (Å²) in [4.78, 5) is 10.4. The highest BCUT2D eigenvalue weighted by atomic mass is 35.5. The van der Waals surface area contributed by atoms with E-state index in [9.17, 15) is 13.2 Å². The average Bonchev–Trinajstić information content (AvgIpc) is 2.43. The molecular formula is C6H9ClN4O3S. The van der Waals surface area contributed by atoms with Crippen molar-refractivity contribution in [2.75, 3.05) is 6.54 Å². The second-order valence-corrected chi connectivity index (χ2v) is 4.80. The van der Waals surface area contributed by atoms with Gasteiger partial charge in [0.1, 0.15) is 0 Å². The number of amides is 1. The highest BCUT2D eigenvalue weighted by Crippen LogP contribution is 2.18. The maximum absolute atomic E-state index is 11.6. The third-order valence-corrected chi connectivity index (χ3v) is 3.44. The van der Waals surface area contributed by atoms with E-state index in [0.717, 1.165) is 4.68 Å². The van der Waals surface area contributed by atoms with Crippen LogP contribution in [0.1, 0.15) is 0 Å². The second kappa shape index (κ2) is 4.17. The van der Waals surface area contributed by atoms with Crippen LogP contribution < -0.4 is 10.5 Å². The molecule has 0 bridgehead atoms. The Hall–Kier alpha value is -1.12. The van der Waals surface area contributed by atoms with Crippen molar-refractivity contribution in [1.29, 1.82) is 0 Å². The van der Waals surface area contributed by atoms with Crippen LogP contribution in [-0.4, -0.2) is 30.7 Å². The highest BCUT2D eigenvalue weighted by Gasteiger charge is 2.22. The van der Waals surface area contributed by atoms with Crippen LogP contribution in [0.3, 0.4) is 0 Å². The summed E-state index contributed by atoms with van der Waals surface area (Å²) in [6.07, 6.45) is 1.19. The van der Waals surface area contributed by atoms with Gasteiger partial charge in [0.05, 0.1) is 17.8 Å². The van der Waals surface area contributed by atoms with Gasteiger partial charge in [0.15, 0.2) is 5.03 Å². The maximum atomic E-state index is 11.6. The minimum Gasteiger partial charge on any atom is -0.369 e. The first-order valence-corrected chi connectivity index (χ1v) is 5.66. The first-order valence-electron chi connectivity index (χ1n) is 3.80. The van der Waals surface area contributed by atoms with Gasteiger partial charge in [-0.15, -0.1) is 0 Å². The fourth-order valence-electron chi connectivity index (χ4n) is 0.936. The predicted molar refractivity (Wildman–Crippen MR) is 52.6 cm³/mol. The molecule has 1 amide bonds. The van der Waals surface area contributed by atoms with Gasteiger partial charge >= 0.3 is 0 Å². The van der Waals surface area contributed by atoms with Gasteiger partial charge in [-0.1, -0.05) is 11.6 Å². The summed E-state index contributed by atoms with van der Waals surface area (Å²) in [5.74, 6) is -0.781. The van der Waals surface area contributed by atoms with Gasteiger partial charge in [0.2, 0.25) is 5.91 Å². The van der Waals surface area contributed by atoms with E-state index in [2.05, 4.69) is 5.10 Å². The molecule has 0 fully saturated rings. The van der Waals surface area contributed by atoms with E-state index >= 15 is 0 Å². The molecule has 15 heavy (non-hydrogen) atoms. The number of halogens is 1. The number of nitrogens with two attached hydrogens (primary N) is 1. The van der Waals surface area contributed by atoms with E-state index in [0.29, 0.717) is 0 Å². The quantitative estimate of drug-likeness (QED) is 0.705. The monoisotopic (exact) mass is 252 g/mol. The van der Waals surface area contributed by atoms with Crippen molar-refractivity contribution in [3.05, 3.63) is 11.2 Å². The lowest BCUT2D eigenvalue weighted by Gasteiger charge is -2.05. The number of hydrogen-bond donors (Lipinski definition) is 2. The van der Waals surface area contributed by atoms with Crippen LogP contribution in [0.2, 0.25) is 5.02 Å². The largest absolute Gasteiger partial charge is 0.369 e. The Kier molecular flexibility index (Phi) is 3.32. The molecule has 0 unspecified atom stereocenters. The van der Waals surface area contributed by atoms with Crippen LogP contribution in [0, 0.1) is 0 Å². The molecule has 1 aromatic rings. The third kappa shape index (κ3) is 2.67. The number of aryl methyl sites for hydroxylation is 1. The van der Waals surface area contributed by atoms with E-state index in [1.165, 1.54) is 13.2 Å². The number of sulfonamides is 1. The van der Waals surface area contributed by atoms with E-state index in [-0.39, 0.29) is 10.0 Å². The Bertz CT molecular complexity index is 461. The molecule has 0 aliphatic carbocycles. The summed E-state index contributed by atoms with van der Waals surface area (Å²) in [7, 11) is -2.43. The Morgan fingerprint density at radius 3 is 2.73 bits per heavy atom. The molecule has 0 saturated heterocycles. The van der Waals surface area contributed by atoms with Crippen LogP contribution in [0.5, 0.6) is 0 Å². The number of nitrogens with one attached hydrogen (secondary N) is 1. The fraction of sp³-hybridized carbons (Fsp3) is 0.333. The zero-order valence-electron chi connectivity index (χ0n) is 7.77. The first-order chi connectivity index (χ1) is 6.84. The summed E-state index contributed by atoms with van der Waals surface area (Å²) in [5, 5.41) is 3.44. The molecule has 1 heterocycles. The fourth-order valence-corrected chi connectivity index (χ4v) is 2.58. The van der Waals surface area contributed by atoms with Gasteiger partial charge < -0.3 is 5.73 Å². The lowest BCUT2D eigenvalue weighted by atomic mass is 10.7. The van der Waals surface area contributed by atoms with Crippen molar-refractivity contribution in [1.82, 2.24) is 14.5 Å². The highest BCUT2D eigenvalue weighted by molar-refractivity contribution is 7.89. The molecule has 0 atom stereocenters. The zero-order chi connectivity index (χ0) is 11.6. The molecule has 0 radical (unpaired) electrons. The topological polar surface area (TPSA) is 107 Å². The van der Waals surface area contributed by atoms with Crippen LogP contribution in [-0.2, 0) is 21.9 Å². The van der Waals surface area contributed by atoms with Crippen LogP contribution in [0.25, 0.3) is 0 Å². The first kappa shape index (κ1) is 12.0. The third-order valence-electron chi connectivity index (χ3n) is 1.53. The van der Waals surface area contributed by atoms with Crippen LogP contribution in [0.4, 0.5) is 0 Å². The zero-order valence-corrected chi connectivity index (χ0v) is 9.34. The molecule has 0 aromatic carbocycles. The number of aromatic nitrogens is 2. The van der Waals surface area contributed by atoms with E-state index in [1.807, 2.05) is 4.72 Å². The number of hydrogen-bond acceptors (Lipinski definition) is 4. The SMILES string of the molecule is Cn1ncc(Cl)c1S(=O)(=O)NCC(N)=O. The van der Waals surface area contributed by atoms with Gasteiger partial charge in [-0.25, -0.2) is 13.1 Å². The van der Waals surface area contributed by atoms with Crippen LogP contribution in [0.15, 0.2) is 11.2 Å². The Morgan fingerprint density at radius 1 is 1.73 bits per heavy atom. The van der Waals surface area contributed by atoms with Crippen molar-refractivity contribution >= 4 is 27.5 Å². The molecule has 0 saturated carbocycles. The minimum absolute atomic E-state index is 0.0190. The number of rotatable bonds is 4. The Labute approximate surface area is 91.2 Å². The molecular weight excluding hydrogens is 244 g/mol. The van der Waals surface area contributed by atoms with Crippen molar-refractivity contribution in [2.45, 2.75) is 5.03 Å². The number of carbonyl (C=O) groups excluding carboxylic acids is 1. The Morgan fingerprint density at radius 2 is 2.33 bits per heavy atom. The summed E-state index contributed by atoms with van der Waals surface area (Å²) >= 11 is 5.63. The van der Waals surface area contributed by atoms with Gasteiger partial charge in [-0.05, 0) is 0 Å². The van der Waals surface area contributed by atoms with Crippen molar-refractivity contribution < 1.29 is 13.2 Å². The van der Waals surface area contributed by atoms with Gasteiger partial charge in [-0.3, -0.25) is 9.48 Å². The van der Waals surface area contributed by atoms with E-state index < -0.39 is 22.5 Å². The molecule has 0 spiro atoms. The maximum Gasteiger partial charge on any atom is 0.259 e. The van der Waals surface area contributed by atoms with Crippen LogP contribution >= 0.6 is 11.6 Å². The van der Waals surface area contributed by atoms with Crippen molar-refractivity contribution in [3.8, 4) is 0 Å². The minimum atomic E-state index is -3.86. The van der Waals surface area contributed by atoms with Crippen molar-refractivity contribution in [3.63, 3.8) is 0 Å². The molecule has 3 N–H and O–H groups in total. The van der Waals surface area contributed by atoms with E-state index in [4.69, 9.17) is 17.3 Å². The average molecular weight is 253 g/mol. The summed E-state index contributed by atoms with van der Waals surface area (Å²) in [6, 6.07) is 0. The lowest BCUT2D eigenvalue weighted by molar-refractivity contribution is -0.116. The molecule has 9 heteroatoms. The molecule has 1 aromatic heterocycles. The second-order valence-electron chi connectivity index (χ2n) is 2.71. The number of carbonyl (C=O) groups is 1. The summed E-state index contributed by atoms with van der Waals surface area (Å²) in [5.41, 5.74) is 4.81. The molecule has 1 rings (SSSR count). The Balaban J connectivity index is 3.01. The smallest absolute Gasteiger partial charge is 0.259 e. The van der Waals surface area contributed by atoms with E-state index in [1.54, 1.807) is 0 Å². The summed E-state index contributed by atoms with van der Waals surface area (Å²) < 4.78 is 26.2. The number of primary amides is 1. The molecule has 84 valence electrons. The number of nitrogens with zero attached hydrogens (tertiary/aromatic N) is 2. The van der Waals surface area contributed by atoms with Gasteiger partial charge in [-0.2, -0.15) is 5.10 Å². The lowest BCUT2D eigenvalue weighted by Crippen LogP contribution is -2.34. The molecule has 0 aliphatic rings. The van der Waals surface area contributed by atoms with Crippen molar-refractivity contribution in [2.24, 2.45) is 12.8 Å². The molecule has 7 nitrogen and oxygen atoms in total. The molecule has 0 aliphatic heterocycles. The van der Waals surface area contributed by atoms with Gasteiger partial charge in [0, 0.05) is 7.05 Å². The van der Waals surface area contributed by atoms with Gasteiger partial charge in [0.25, 0.3) is 10.0 Å². The standard InChI is InChI=1S/C6H9ClN4O3S/c1-11-6(4(7)2-9-11)15(13,14)10-3-5(8)12/h2,10H,3H2,1H3,(H2,8,12). The normalized spacial score (nSPS) is 11.6. The predicted octanol–water partition coefficient (Wildman–Crippen LogP) is -1.16.